The molecule has 0 atom stereocenters. The molecular weight excluding hydrogens is 286 g/mol. The Bertz CT molecular complexity index is 650. The Hall–Kier alpha value is -2.21. The van der Waals surface area contributed by atoms with Crippen molar-refractivity contribution in [3.8, 4) is 0 Å². The van der Waals surface area contributed by atoms with Crippen LogP contribution in [0, 0.1) is 12.8 Å². The number of carbonyl (C=O) groups is 2. The molecule has 2 N–H and O–H groups in total. The Morgan fingerprint density at radius 3 is 2.43 bits per heavy atom. The highest BCUT2D eigenvalue weighted by Gasteiger charge is 2.17. The van der Waals surface area contributed by atoms with Crippen molar-refractivity contribution in [2.45, 2.75) is 20.8 Å². The van der Waals surface area contributed by atoms with Gasteiger partial charge in [0.25, 0.3) is 5.91 Å². The van der Waals surface area contributed by atoms with E-state index in [1.165, 1.54) is 11.3 Å². The van der Waals surface area contributed by atoms with E-state index in [9.17, 15) is 9.59 Å². The number of nitrogens with zero attached hydrogens (tertiary/aromatic N) is 1. The molecule has 0 fully saturated rings. The third kappa shape index (κ3) is 3.88. The summed E-state index contributed by atoms with van der Waals surface area (Å²) < 4.78 is 0. The number of hydrogen-bond acceptors (Lipinski definition) is 4. The van der Waals surface area contributed by atoms with Crippen LogP contribution in [0.25, 0.3) is 0 Å². The van der Waals surface area contributed by atoms with Gasteiger partial charge < -0.3 is 10.6 Å². The Labute approximate surface area is 127 Å². The molecule has 6 heteroatoms. The number of benzene rings is 1. The Morgan fingerprint density at radius 2 is 1.81 bits per heavy atom. The highest BCUT2D eigenvalue weighted by Crippen LogP contribution is 2.24. The van der Waals surface area contributed by atoms with Crippen molar-refractivity contribution in [3.05, 3.63) is 40.9 Å². The highest BCUT2D eigenvalue weighted by molar-refractivity contribution is 7.17. The van der Waals surface area contributed by atoms with Gasteiger partial charge in [-0.2, -0.15) is 0 Å². The van der Waals surface area contributed by atoms with Gasteiger partial charge in [0, 0.05) is 11.6 Å². The maximum Gasteiger partial charge on any atom is 0.267 e. The molecule has 0 aliphatic rings. The number of carbonyl (C=O) groups excluding carboxylic acids is 2. The van der Waals surface area contributed by atoms with E-state index in [1.807, 2.05) is 30.3 Å². The van der Waals surface area contributed by atoms with Crippen LogP contribution in [0.3, 0.4) is 0 Å². The zero-order valence-corrected chi connectivity index (χ0v) is 13.0. The second-order valence-electron chi connectivity index (χ2n) is 4.90. The number of thiazole rings is 1. The molecule has 0 bridgehead atoms. The summed E-state index contributed by atoms with van der Waals surface area (Å²) in [7, 11) is 0. The molecule has 21 heavy (non-hydrogen) atoms. The molecule has 0 saturated carbocycles. The second-order valence-corrected chi connectivity index (χ2v) is 5.90. The SMILES string of the molecule is Cc1nc(NC(=O)C(C)C)sc1C(=O)Nc1ccccc1. The average molecular weight is 303 g/mol. The van der Waals surface area contributed by atoms with E-state index in [1.54, 1.807) is 20.8 Å². The zero-order chi connectivity index (χ0) is 15.4. The monoisotopic (exact) mass is 303 g/mol. The standard InChI is InChI=1S/C15H17N3O2S/c1-9(2)13(19)18-15-16-10(3)12(21-15)14(20)17-11-7-5-4-6-8-11/h4-9H,1-3H3,(H,17,20)(H,16,18,19). The van der Waals surface area contributed by atoms with E-state index in [0.29, 0.717) is 15.7 Å². The molecule has 1 heterocycles. The minimum absolute atomic E-state index is 0.112. The highest BCUT2D eigenvalue weighted by atomic mass is 32.1. The van der Waals surface area contributed by atoms with Gasteiger partial charge in [0.2, 0.25) is 5.91 Å². The summed E-state index contributed by atoms with van der Waals surface area (Å²) in [4.78, 5) is 28.6. The number of hydrogen-bond donors (Lipinski definition) is 2. The predicted molar refractivity (Wildman–Crippen MR) is 84.7 cm³/mol. The minimum atomic E-state index is -0.221. The summed E-state index contributed by atoms with van der Waals surface area (Å²) in [5.41, 5.74) is 1.33. The topological polar surface area (TPSA) is 71.1 Å². The molecule has 1 aromatic heterocycles. The normalized spacial score (nSPS) is 10.5. The van der Waals surface area contributed by atoms with Crippen LogP contribution >= 0.6 is 11.3 Å². The van der Waals surface area contributed by atoms with Crippen molar-refractivity contribution in [1.82, 2.24) is 4.98 Å². The van der Waals surface area contributed by atoms with Crippen LogP contribution < -0.4 is 10.6 Å². The number of anilines is 2. The van der Waals surface area contributed by atoms with Gasteiger partial charge in [-0.1, -0.05) is 43.4 Å². The Morgan fingerprint density at radius 1 is 1.14 bits per heavy atom. The van der Waals surface area contributed by atoms with Crippen LogP contribution in [-0.4, -0.2) is 16.8 Å². The van der Waals surface area contributed by atoms with Gasteiger partial charge in [0.05, 0.1) is 5.69 Å². The molecule has 0 spiro atoms. The fourth-order valence-corrected chi connectivity index (χ4v) is 2.48. The van der Waals surface area contributed by atoms with Crippen LogP contribution in [0.2, 0.25) is 0 Å². The summed E-state index contributed by atoms with van der Waals surface area (Å²) in [5.74, 6) is -0.462. The molecule has 0 aliphatic heterocycles. The lowest BCUT2D eigenvalue weighted by atomic mass is 10.2. The lowest BCUT2D eigenvalue weighted by Gasteiger charge is -2.03. The number of amides is 2. The number of aryl methyl sites for hydroxylation is 1. The van der Waals surface area contributed by atoms with Gasteiger partial charge in [-0.05, 0) is 19.1 Å². The lowest BCUT2D eigenvalue weighted by Crippen LogP contribution is -2.17. The van der Waals surface area contributed by atoms with Crippen molar-refractivity contribution in [2.24, 2.45) is 5.92 Å². The predicted octanol–water partition coefficient (Wildman–Crippen LogP) is 3.30. The molecule has 1 aromatic carbocycles. The third-order valence-electron chi connectivity index (χ3n) is 2.79. The van der Waals surface area contributed by atoms with Crippen molar-refractivity contribution in [1.29, 1.82) is 0 Å². The van der Waals surface area contributed by atoms with Crippen molar-refractivity contribution >= 4 is 34.0 Å². The average Bonchev–Trinajstić information content (AvgIpc) is 2.80. The summed E-state index contributed by atoms with van der Waals surface area (Å²) in [6, 6.07) is 9.21. The van der Waals surface area contributed by atoms with E-state index in [2.05, 4.69) is 15.6 Å². The quantitative estimate of drug-likeness (QED) is 0.910. The number of aromatic nitrogens is 1. The van der Waals surface area contributed by atoms with Crippen LogP contribution in [0.5, 0.6) is 0 Å². The van der Waals surface area contributed by atoms with Crippen LogP contribution in [0.1, 0.15) is 29.2 Å². The van der Waals surface area contributed by atoms with Gasteiger partial charge in [-0.15, -0.1) is 0 Å². The van der Waals surface area contributed by atoms with Gasteiger partial charge in [0.1, 0.15) is 4.88 Å². The Kier molecular flexibility index (Phi) is 4.70. The van der Waals surface area contributed by atoms with Crippen LogP contribution in [0.4, 0.5) is 10.8 Å². The van der Waals surface area contributed by atoms with Crippen LogP contribution in [0.15, 0.2) is 30.3 Å². The fraction of sp³-hybridized carbons (Fsp3) is 0.267. The third-order valence-corrected chi connectivity index (χ3v) is 3.86. The molecule has 2 rings (SSSR count). The molecule has 2 aromatic rings. The fourth-order valence-electron chi connectivity index (χ4n) is 1.62. The molecule has 0 unspecified atom stereocenters. The maximum absolute atomic E-state index is 12.2. The maximum atomic E-state index is 12.2. The van der Waals surface area contributed by atoms with Crippen molar-refractivity contribution in [2.75, 3.05) is 10.6 Å². The molecule has 5 nitrogen and oxygen atoms in total. The molecule has 2 amide bonds. The van der Waals surface area contributed by atoms with Gasteiger partial charge in [-0.25, -0.2) is 4.98 Å². The van der Waals surface area contributed by atoms with E-state index in [0.717, 1.165) is 5.69 Å². The van der Waals surface area contributed by atoms with Gasteiger partial charge >= 0.3 is 0 Å². The van der Waals surface area contributed by atoms with Crippen molar-refractivity contribution in [3.63, 3.8) is 0 Å². The molecule has 0 aliphatic carbocycles. The second kappa shape index (κ2) is 6.49. The zero-order valence-electron chi connectivity index (χ0n) is 12.1. The molecular formula is C15H17N3O2S. The van der Waals surface area contributed by atoms with E-state index in [4.69, 9.17) is 0 Å². The summed E-state index contributed by atoms with van der Waals surface area (Å²) in [6.07, 6.45) is 0. The van der Waals surface area contributed by atoms with E-state index >= 15 is 0 Å². The molecule has 0 saturated heterocycles. The first-order valence-corrected chi connectivity index (χ1v) is 7.43. The number of para-hydroxylation sites is 1. The minimum Gasteiger partial charge on any atom is -0.321 e. The number of nitrogens with one attached hydrogen (secondary N) is 2. The van der Waals surface area contributed by atoms with Crippen molar-refractivity contribution < 1.29 is 9.59 Å². The first-order valence-electron chi connectivity index (χ1n) is 6.62. The summed E-state index contributed by atoms with van der Waals surface area (Å²) >= 11 is 1.18. The summed E-state index contributed by atoms with van der Waals surface area (Å²) in [6.45, 7) is 5.36. The van der Waals surface area contributed by atoms with Gasteiger partial charge in [0.15, 0.2) is 5.13 Å². The molecule has 110 valence electrons. The smallest absolute Gasteiger partial charge is 0.267 e. The van der Waals surface area contributed by atoms with E-state index < -0.39 is 0 Å². The van der Waals surface area contributed by atoms with E-state index in [-0.39, 0.29) is 17.7 Å². The summed E-state index contributed by atoms with van der Waals surface area (Å²) in [5, 5.41) is 5.97. The first-order chi connectivity index (χ1) is 9.97. The lowest BCUT2D eigenvalue weighted by molar-refractivity contribution is -0.118. The number of rotatable bonds is 4. The van der Waals surface area contributed by atoms with Gasteiger partial charge in [-0.3, -0.25) is 9.59 Å². The molecule has 0 radical (unpaired) electrons. The largest absolute Gasteiger partial charge is 0.321 e. The Balaban J connectivity index is 2.11. The first kappa shape index (κ1) is 15.2. The van der Waals surface area contributed by atoms with Crippen LogP contribution in [-0.2, 0) is 4.79 Å².